The maximum absolute atomic E-state index is 2.33. The molecule has 0 aromatic carbocycles. The van der Waals surface area contributed by atoms with Crippen molar-refractivity contribution in [2.45, 2.75) is 33.4 Å². The van der Waals surface area contributed by atoms with E-state index in [2.05, 4.69) is 46.1 Å². The van der Waals surface area contributed by atoms with Crippen molar-refractivity contribution in [1.29, 1.82) is 0 Å². The minimum Gasteiger partial charge on any atom is -0.193 e. The van der Waals surface area contributed by atoms with Gasteiger partial charge in [-0.1, -0.05) is 22.7 Å². The molecule has 2 aromatic rings. The fraction of sp³-hybridized carbons (Fsp3) is 0.455. The van der Waals surface area contributed by atoms with Gasteiger partial charge in [-0.2, -0.15) is 9.13 Å². The highest BCUT2D eigenvalue weighted by atomic mass is 32.1. The molecule has 0 radical (unpaired) electrons. The lowest BCUT2D eigenvalue weighted by atomic mass is 10.4. The van der Waals surface area contributed by atoms with Gasteiger partial charge in [0.05, 0.1) is 17.2 Å². The molecule has 0 aliphatic carbocycles. The van der Waals surface area contributed by atoms with Crippen LogP contribution in [0.2, 0.25) is 0 Å². The van der Waals surface area contributed by atoms with E-state index in [1.807, 2.05) is 22.7 Å². The highest BCUT2D eigenvalue weighted by Gasteiger charge is 2.10. The fourth-order valence-electron chi connectivity index (χ4n) is 1.63. The Bertz CT molecular complexity index is 391. The second-order valence-electron chi connectivity index (χ2n) is 3.58. The predicted molar refractivity (Wildman–Crippen MR) is 63.1 cm³/mol. The molecule has 0 saturated heterocycles. The van der Waals surface area contributed by atoms with Crippen LogP contribution in [0.3, 0.4) is 0 Å². The third-order valence-electron chi connectivity index (χ3n) is 2.57. The van der Waals surface area contributed by atoms with E-state index in [-0.39, 0.29) is 0 Å². The van der Waals surface area contributed by atoms with Crippen LogP contribution in [0, 0.1) is 13.8 Å². The summed E-state index contributed by atoms with van der Waals surface area (Å²) in [6.07, 6.45) is 5.54. The third-order valence-corrected chi connectivity index (χ3v) is 4.23. The van der Waals surface area contributed by atoms with E-state index in [9.17, 15) is 0 Å². The lowest BCUT2D eigenvalue weighted by molar-refractivity contribution is -0.727. The summed E-state index contributed by atoms with van der Waals surface area (Å²) in [6.45, 7) is 6.59. The van der Waals surface area contributed by atoms with Gasteiger partial charge >= 0.3 is 0 Å². The predicted octanol–water partition coefficient (Wildman–Crippen LogP) is 2.09. The summed E-state index contributed by atoms with van der Waals surface area (Å²) in [5, 5.41) is 7.08. The quantitative estimate of drug-likeness (QED) is 0.723. The molecule has 0 N–H and O–H groups in total. The first kappa shape index (κ1) is 10.8. The lowest BCUT2D eigenvalue weighted by Crippen LogP contribution is -2.39. The summed E-state index contributed by atoms with van der Waals surface area (Å²) in [5.41, 5.74) is 0. The van der Waals surface area contributed by atoms with Gasteiger partial charge in [0.15, 0.2) is 25.5 Å². The van der Waals surface area contributed by atoms with Gasteiger partial charge in [-0.05, 0) is 0 Å². The third kappa shape index (κ3) is 2.63. The Morgan fingerprint density at radius 1 is 0.933 bits per heavy atom. The molecule has 0 bridgehead atoms. The molecule has 0 atom stereocenters. The normalized spacial score (nSPS) is 10.8. The van der Waals surface area contributed by atoms with Gasteiger partial charge < -0.3 is 0 Å². The summed E-state index contributed by atoms with van der Waals surface area (Å²) in [5.74, 6) is 0. The number of nitrogens with zero attached hydrogens (tertiary/aromatic N) is 2. The fourth-order valence-corrected chi connectivity index (χ4v) is 3.01. The molecule has 0 aliphatic heterocycles. The summed E-state index contributed by atoms with van der Waals surface area (Å²) >= 11 is 3.63. The molecule has 0 unspecified atom stereocenters. The topological polar surface area (TPSA) is 7.76 Å². The van der Waals surface area contributed by atoms with Crippen LogP contribution in [0.25, 0.3) is 0 Å². The molecule has 80 valence electrons. The largest absolute Gasteiger partial charge is 0.234 e. The average Bonchev–Trinajstić information content (AvgIpc) is 2.78. The van der Waals surface area contributed by atoms with Gasteiger partial charge in [0.25, 0.3) is 0 Å². The average molecular weight is 240 g/mol. The molecule has 0 aliphatic rings. The van der Waals surface area contributed by atoms with Crippen molar-refractivity contribution < 1.29 is 9.13 Å². The highest BCUT2D eigenvalue weighted by Crippen LogP contribution is 2.01. The SMILES string of the molecule is Cc1scc[n+]1CCC[n+]1ccsc1C. The molecule has 0 fully saturated rings. The Morgan fingerprint density at radius 3 is 1.73 bits per heavy atom. The summed E-state index contributed by atoms with van der Waals surface area (Å²) in [4.78, 5) is 0. The van der Waals surface area contributed by atoms with Crippen molar-refractivity contribution in [2.75, 3.05) is 0 Å². The zero-order valence-corrected chi connectivity index (χ0v) is 10.8. The van der Waals surface area contributed by atoms with Crippen LogP contribution in [0.5, 0.6) is 0 Å². The first-order chi connectivity index (χ1) is 7.27. The van der Waals surface area contributed by atoms with E-state index >= 15 is 0 Å². The molecule has 15 heavy (non-hydrogen) atoms. The van der Waals surface area contributed by atoms with E-state index in [4.69, 9.17) is 0 Å². The molecular weight excluding hydrogens is 224 g/mol. The Hall–Kier alpha value is -0.740. The molecule has 2 heterocycles. The van der Waals surface area contributed by atoms with Gasteiger partial charge in [-0.15, -0.1) is 0 Å². The maximum Gasteiger partial charge on any atom is 0.234 e. The van der Waals surface area contributed by atoms with E-state index in [1.54, 1.807) is 0 Å². The minimum absolute atomic E-state index is 1.12. The molecular formula is C11H16N2S2+2. The van der Waals surface area contributed by atoms with Gasteiger partial charge in [-0.3, -0.25) is 0 Å². The standard InChI is InChI=1S/C11H16N2S2/c1-10-12(6-8-14-10)4-3-5-13-7-9-15-11(13)2/h6-9H,3-5H2,1-2H3/q+2. The van der Waals surface area contributed by atoms with Crippen LogP contribution >= 0.6 is 22.7 Å². The molecule has 0 amide bonds. The summed E-state index contributed by atoms with van der Waals surface area (Å²) in [6, 6.07) is 0. The van der Waals surface area contributed by atoms with Gasteiger partial charge in [-0.25, -0.2) is 0 Å². The second-order valence-corrected chi connectivity index (χ2v) is 5.78. The monoisotopic (exact) mass is 240 g/mol. The molecule has 2 rings (SSSR count). The second kappa shape index (κ2) is 4.86. The Morgan fingerprint density at radius 2 is 1.40 bits per heavy atom. The number of thiazole rings is 2. The van der Waals surface area contributed by atoms with Crippen LogP contribution in [0.15, 0.2) is 23.2 Å². The lowest BCUT2D eigenvalue weighted by Gasteiger charge is -1.94. The number of hydrogen-bond donors (Lipinski definition) is 0. The number of aromatic nitrogens is 2. The van der Waals surface area contributed by atoms with Crippen LogP contribution in [-0.4, -0.2) is 0 Å². The zero-order chi connectivity index (χ0) is 10.7. The molecule has 2 aromatic heterocycles. The Labute approximate surface area is 98.5 Å². The van der Waals surface area contributed by atoms with E-state index in [0.29, 0.717) is 0 Å². The number of aryl methyl sites for hydroxylation is 4. The molecule has 0 saturated carbocycles. The van der Waals surface area contributed by atoms with E-state index < -0.39 is 0 Å². The minimum atomic E-state index is 1.12. The van der Waals surface area contributed by atoms with E-state index in [1.165, 1.54) is 16.4 Å². The van der Waals surface area contributed by atoms with Crippen molar-refractivity contribution in [1.82, 2.24) is 0 Å². The number of hydrogen-bond acceptors (Lipinski definition) is 2. The van der Waals surface area contributed by atoms with Crippen molar-refractivity contribution in [3.63, 3.8) is 0 Å². The molecule has 4 heteroatoms. The smallest absolute Gasteiger partial charge is 0.193 e. The van der Waals surface area contributed by atoms with Crippen LogP contribution in [0.4, 0.5) is 0 Å². The summed E-state index contributed by atoms with van der Waals surface area (Å²) < 4.78 is 4.65. The van der Waals surface area contributed by atoms with Crippen molar-refractivity contribution in [3.8, 4) is 0 Å². The summed E-state index contributed by atoms with van der Waals surface area (Å²) in [7, 11) is 0. The van der Waals surface area contributed by atoms with Crippen LogP contribution in [-0.2, 0) is 13.1 Å². The van der Waals surface area contributed by atoms with Crippen LogP contribution < -0.4 is 9.13 Å². The Balaban J connectivity index is 1.86. The molecule has 0 spiro atoms. The van der Waals surface area contributed by atoms with Gasteiger partial charge in [0.2, 0.25) is 10.0 Å². The van der Waals surface area contributed by atoms with Crippen molar-refractivity contribution in [3.05, 3.63) is 33.2 Å². The van der Waals surface area contributed by atoms with E-state index in [0.717, 1.165) is 13.1 Å². The molecule has 2 nitrogen and oxygen atoms in total. The first-order valence-electron chi connectivity index (χ1n) is 5.14. The van der Waals surface area contributed by atoms with Gasteiger partial charge in [0.1, 0.15) is 0 Å². The number of rotatable bonds is 4. The van der Waals surface area contributed by atoms with Crippen molar-refractivity contribution in [2.24, 2.45) is 0 Å². The van der Waals surface area contributed by atoms with Crippen LogP contribution in [0.1, 0.15) is 16.4 Å². The maximum atomic E-state index is 2.33. The van der Waals surface area contributed by atoms with Crippen molar-refractivity contribution >= 4 is 22.7 Å². The Kier molecular flexibility index (Phi) is 3.49. The highest BCUT2D eigenvalue weighted by molar-refractivity contribution is 7.09. The van der Waals surface area contributed by atoms with Gasteiger partial charge in [0, 0.05) is 13.8 Å². The first-order valence-corrected chi connectivity index (χ1v) is 6.90. The zero-order valence-electron chi connectivity index (χ0n) is 9.14.